The molecule has 2 aromatic carbocycles. The van der Waals surface area contributed by atoms with Gasteiger partial charge >= 0.3 is 5.16 Å². The van der Waals surface area contributed by atoms with E-state index >= 15 is 0 Å². The first kappa shape index (κ1) is 23.1. The summed E-state index contributed by atoms with van der Waals surface area (Å²) in [6, 6.07) is 12.0. The van der Waals surface area contributed by atoms with Crippen LogP contribution >= 0.6 is 23.4 Å². The van der Waals surface area contributed by atoms with Crippen LogP contribution in [0.25, 0.3) is 11.4 Å². The Morgan fingerprint density at radius 2 is 2.03 bits per heavy atom. The molecular formula is C23H24ClN5O3S. The van der Waals surface area contributed by atoms with Crippen molar-refractivity contribution in [3.63, 3.8) is 0 Å². The molecule has 0 spiro atoms. The minimum Gasteiger partial charge on any atom is -0.870 e. The fraction of sp³-hybridized carbons (Fsp3) is 0.304. The second-order valence-corrected chi connectivity index (χ2v) is 9.21. The van der Waals surface area contributed by atoms with Crippen LogP contribution in [0.5, 0.6) is 11.5 Å². The third kappa shape index (κ3) is 5.85. The maximum atomic E-state index is 12.3. The van der Waals surface area contributed by atoms with Crippen LogP contribution in [0, 0.1) is 0 Å². The Hall–Kier alpha value is -3.04. The monoisotopic (exact) mass is 485 g/mol. The molecule has 0 saturated heterocycles. The van der Waals surface area contributed by atoms with Gasteiger partial charge in [-0.15, -0.1) is 5.10 Å². The average molecular weight is 486 g/mol. The van der Waals surface area contributed by atoms with Crippen LogP contribution in [0.4, 0.5) is 0 Å². The largest absolute Gasteiger partial charge is 0.870 e. The number of halogens is 1. The molecule has 3 aromatic rings. The molecule has 10 heteroatoms. The molecule has 0 bridgehead atoms. The fourth-order valence-electron chi connectivity index (χ4n) is 3.85. The number of benzene rings is 2. The Bertz CT molecular complexity index is 1140. The molecule has 8 nitrogen and oxygen atoms in total. The van der Waals surface area contributed by atoms with Gasteiger partial charge in [0, 0.05) is 5.02 Å². The number of phenolic OH excluding ortho intramolecular Hbond substituents is 1. The van der Waals surface area contributed by atoms with Gasteiger partial charge in [-0.25, -0.2) is 9.99 Å². The maximum Gasteiger partial charge on any atom is 0.337 e. The van der Waals surface area contributed by atoms with Crippen molar-refractivity contribution in [3.8, 4) is 22.9 Å². The maximum absolute atomic E-state index is 12.3. The molecule has 1 heterocycles. The molecule has 0 aliphatic heterocycles. The lowest BCUT2D eigenvalue weighted by atomic mass is 9.95. The highest BCUT2D eigenvalue weighted by Gasteiger charge is 2.30. The van der Waals surface area contributed by atoms with E-state index in [9.17, 15) is 15.0 Å². The van der Waals surface area contributed by atoms with E-state index in [-0.39, 0.29) is 17.4 Å². The van der Waals surface area contributed by atoms with Gasteiger partial charge in [0.1, 0.15) is 5.75 Å². The molecule has 33 heavy (non-hydrogen) atoms. The summed E-state index contributed by atoms with van der Waals surface area (Å²) >= 11 is 7.40. The predicted molar refractivity (Wildman–Crippen MR) is 125 cm³/mol. The van der Waals surface area contributed by atoms with Gasteiger partial charge in [0.05, 0.1) is 28.7 Å². The third-order valence-electron chi connectivity index (χ3n) is 5.48. The lowest BCUT2D eigenvalue weighted by molar-refractivity contribution is -0.749. The van der Waals surface area contributed by atoms with E-state index in [1.54, 1.807) is 0 Å². The molecule has 0 atom stereocenters. The average Bonchev–Trinajstić information content (AvgIpc) is 3.25. The number of hydrogen-bond donors (Lipinski definition) is 3. The molecular weight excluding hydrogens is 462 g/mol. The Kier molecular flexibility index (Phi) is 7.51. The number of amides is 1. The van der Waals surface area contributed by atoms with Crippen molar-refractivity contribution >= 4 is 35.5 Å². The first-order chi connectivity index (χ1) is 16.0. The molecule has 1 aliphatic rings. The van der Waals surface area contributed by atoms with E-state index in [4.69, 9.17) is 11.6 Å². The second-order valence-electron chi connectivity index (χ2n) is 7.83. The van der Waals surface area contributed by atoms with Crippen LogP contribution in [-0.2, 0) is 4.79 Å². The highest BCUT2D eigenvalue weighted by molar-refractivity contribution is 7.99. The summed E-state index contributed by atoms with van der Waals surface area (Å²) in [4.78, 5) is 12.3. The van der Waals surface area contributed by atoms with Crippen molar-refractivity contribution in [3.05, 3.63) is 53.1 Å². The van der Waals surface area contributed by atoms with Crippen LogP contribution in [0.1, 0.15) is 43.7 Å². The molecule has 3 N–H and O–H groups in total. The number of aromatic hydroxyl groups is 1. The zero-order valence-electron chi connectivity index (χ0n) is 17.8. The molecule has 1 saturated carbocycles. The summed E-state index contributed by atoms with van der Waals surface area (Å²) in [5.74, 6) is -0.0630. The summed E-state index contributed by atoms with van der Waals surface area (Å²) in [5, 5.41) is 33.7. The zero-order chi connectivity index (χ0) is 23.2. The Labute approximate surface area is 200 Å². The van der Waals surface area contributed by atoms with Crippen LogP contribution in [0.2, 0.25) is 5.02 Å². The van der Waals surface area contributed by atoms with Gasteiger partial charge in [0.15, 0.2) is 0 Å². The molecule has 1 amide bonds. The van der Waals surface area contributed by atoms with Crippen LogP contribution in [0.15, 0.2) is 52.7 Å². The lowest BCUT2D eigenvalue weighted by Gasteiger charge is -2.21. The SMILES string of the molecule is O=C(CSc1n[nH]c(-c2ccc(Cl)cc2)[n+]1C1CCCCC1)N/N=C/c1ccc([O-])c(O)c1. The number of rotatable bonds is 7. The van der Waals surface area contributed by atoms with Crippen LogP contribution in [0.3, 0.4) is 0 Å². The molecule has 1 aromatic heterocycles. The lowest BCUT2D eigenvalue weighted by Crippen LogP contribution is -2.43. The number of nitrogens with zero attached hydrogens (tertiary/aromatic N) is 3. The predicted octanol–water partition coefficient (Wildman–Crippen LogP) is 3.54. The van der Waals surface area contributed by atoms with E-state index in [0.717, 1.165) is 29.4 Å². The number of hydrogen-bond acceptors (Lipinski definition) is 6. The summed E-state index contributed by atoms with van der Waals surface area (Å²) in [7, 11) is 0. The molecule has 1 aliphatic carbocycles. The van der Waals surface area contributed by atoms with Crippen molar-refractivity contribution in [1.29, 1.82) is 0 Å². The number of H-pyrrole nitrogens is 1. The highest BCUT2D eigenvalue weighted by Crippen LogP contribution is 2.29. The Balaban J connectivity index is 1.44. The van der Waals surface area contributed by atoms with Gasteiger partial charge in [0.25, 0.3) is 11.7 Å². The standard InChI is InChI=1S/C23H24ClN5O3S/c24-17-9-7-16(8-10-17)22-27-28-23(29(22)18-4-2-1-3-5-18)33-14-21(32)26-25-13-15-6-11-19(30)20(31)12-15/h6-13,18H,1-5,14H2,(H3,25,26,30,31,32). The number of phenols is 1. The summed E-state index contributed by atoms with van der Waals surface area (Å²) in [6.07, 6.45) is 7.10. The van der Waals surface area contributed by atoms with E-state index < -0.39 is 5.75 Å². The number of hydrazone groups is 1. The molecule has 4 rings (SSSR count). The number of carbonyl (C=O) groups is 1. The Morgan fingerprint density at radius 3 is 2.76 bits per heavy atom. The van der Waals surface area contributed by atoms with Gasteiger partial charge in [-0.2, -0.15) is 5.10 Å². The summed E-state index contributed by atoms with van der Waals surface area (Å²) in [6.45, 7) is 0. The van der Waals surface area contributed by atoms with Gasteiger partial charge < -0.3 is 10.2 Å². The highest BCUT2D eigenvalue weighted by atomic mass is 35.5. The van der Waals surface area contributed by atoms with Gasteiger partial charge in [0.2, 0.25) is 0 Å². The Morgan fingerprint density at radius 1 is 1.27 bits per heavy atom. The number of carbonyl (C=O) groups excluding carboxylic acids is 1. The van der Waals surface area contributed by atoms with Crippen molar-refractivity contribution in [1.82, 2.24) is 15.6 Å². The van der Waals surface area contributed by atoms with Crippen LogP contribution < -0.4 is 15.1 Å². The summed E-state index contributed by atoms with van der Waals surface area (Å²) < 4.78 is 2.21. The smallest absolute Gasteiger partial charge is 0.337 e. The van der Waals surface area contributed by atoms with Gasteiger partial charge in [-0.3, -0.25) is 4.79 Å². The number of aromatic amines is 1. The summed E-state index contributed by atoms with van der Waals surface area (Å²) in [5.41, 5.74) is 3.97. The van der Waals surface area contributed by atoms with E-state index in [1.165, 1.54) is 55.4 Å². The fourth-order valence-corrected chi connectivity index (χ4v) is 4.79. The molecule has 0 radical (unpaired) electrons. The van der Waals surface area contributed by atoms with Crippen molar-refractivity contribution in [2.24, 2.45) is 5.10 Å². The second kappa shape index (κ2) is 10.7. The molecule has 0 unspecified atom stereocenters. The molecule has 1 fully saturated rings. The number of thioether (sulfide) groups is 1. The van der Waals surface area contributed by atoms with Crippen molar-refractivity contribution in [2.75, 3.05) is 5.75 Å². The minimum absolute atomic E-state index is 0.139. The normalized spacial score (nSPS) is 14.6. The van der Waals surface area contributed by atoms with E-state index in [1.807, 2.05) is 24.3 Å². The first-order valence-corrected chi connectivity index (χ1v) is 12.1. The van der Waals surface area contributed by atoms with E-state index in [2.05, 4.69) is 25.3 Å². The van der Waals surface area contributed by atoms with Crippen LogP contribution in [-0.4, -0.2) is 33.2 Å². The first-order valence-electron chi connectivity index (χ1n) is 10.7. The zero-order valence-corrected chi connectivity index (χ0v) is 19.4. The van der Waals surface area contributed by atoms with E-state index in [0.29, 0.717) is 16.6 Å². The molecule has 172 valence electrons. The van der Waals surface area contributed by atoms with Gasteiger partial charge in [-0.1, -0.05) is 35.9 Å². The number of aromatic nitrogens is 3. The third-order valence-corrected chi connectivity index (χ3v) is 6.68. The van der Waals surface area contributed by atoms with Crippen molar-refractivity contribution in [2.45, 2.75) is 43.3 Å². The van der Waals surface area contributed by atoms with Crippen molar-refractivity contribution < 1.29 is 19.6 Å². The quantitative estimate of drug-likeness (QED) is 0.205. The number of nitrogens with one attached hydrogen (secondary N) is 2. The van der Waals surface area contributed by atoms with Gasteiger partial charge in [-0.05, 0) is 73.3 Å². The minimum atomic E-state index is -0.462. The topological polar surface area (TPSA) is 117 Å².